The minimum absolute atomic E-state index is 0.530. The summed E-state index contributed by atoms with van der Waals surface area (Å²) in [6, 6.07) is 3.48. The second kappa shape index (κ2) is 5.93. The van der Waals surface area contributed by atoms with Crippen LogP contribution >= 0.6 is 22.9 Å². The molecule has 0 amide bonds. The summed E-state index contributed by atoms with van der Waals surface area (Å²) in [6.45, 7) is 6.25. The Morgan fingerprint density at radius 3 is 2.47 bits per heavy atom. The van der Waals surface area contributed by atoms with Crippen LogP contribution < -0.4 is 0 Å². The summed E-state index contributed by atoms with van der Waals surface area (Å²) in [5.74, 6) is 0. The maximum absolute atomic E-state index is 12.6. The van der Waals surface area contributed by atoms with Gasteiger partial charge in [-0.3, -0.25) is 0 Å². The Bertz CT molecular complexity index is 548. The highest BCUT2D eigenvalue weighted by molar-refractivity contribution is 7.89. The predicted molar refractivity (Wildman–Crippen MR) is 80.3 cm³/mol. The van der Waals surface area contributed by atoms with Crippen LogP contribution in [0.2, 0.25) is 4.34 Å². The van der Waals surface area contributed by atoms with Gasteiger partial charge >= 0.3 is 0 Å². The number of thiophene rings is 1. The van der Waals surface area contributed by atoms with E-state index in [0.29, 0.717) is 17.4 Å². The highest BCUT2D eigenvalue weighted by atomic mass is 35.5. The van der Waals surface area contributed by atoms with Gasteiger partial charge in [-0.1, -0.05) is 17.7 Å². The van der Waals surface area contributed by atoms with Crippen LogP contribution in [0, 0.1) is 0 Å². The molecule has 1 aliphatic heterocycles. The lowest BCUT2D eigenvalue weighted by Gasteiger charge is -2.33. The molecule has 0 saturated carbocycles. The molecular formula is C12H17ClN2O2S2. The molecule has 106 valence electrons. The first-order chi connectivity index (χ1) is 8.95. The van der Waals surface area contributed by atoms with E-state index in [4.69, 9.17) is 11.6 Å². The van der Waals surface area contributed by atoms with Gasteiger partial charge < -0.3 is 4.90 Å². The Kier molecular flexibility index (Phi) is 4.68. The third-order valence-corrected chi connectivity index (χ3v) is 6.87. The van der Waals surface area contributed by atoms with Gasteiger partial charge in [0.05, 0.1) is 4.34 Å². The van der Waals surface area contributed by atoms with Crippen molar-refractivity contribution in [3.63, 3.8) is 0 Å². The summed E-state index contributed by atoms with van der Waals surface area (Å²) in [7, 11) is -1.40. The molecule has 4 nitrogen and oxygen atoms in total. The number of hydrogen-bond donors (Lipinski definition) is 0. The molecule has 0 aliphatic carbocycles. The van der Waals surface area contributed by atoms with E-state index < -0.39 is 15.3 Å². The molecule has 1 aromatic rings. The molecule has 1 saturated heterocycles. The topological polar surface area (TPSA) is 40.6 Å². The number of rotatable bonds is 4. The van der Waals surface area contributed by atoms with Crippen molar-refractivity contribution in [3.8, 4) is 0 Å². The van der Waals surface area contributed by atoms with Gasteiger partial charge in [0.2, 0.25) is 10.0 Å². The lowest BCUT2D eigenvalue weighted by molar-refractivity contribution is 0.222. The Hall–Kier alpha value is -0.400. The minimum Gasteiger partial charge on any atom is -0.304 e. The molecule has 0 N–H and O–H groups in total. The van der Waals surface area contributed by atoms with Gasteiger partial charge in [0.25, 0.3) is 0 Å². The molecule has 1 fully saturated rings. The quantitative estimate of drug-likeness (QED) is 0.799. The fourth-order valence-corrected chi connectivity index (χ4v) is 5.23. The molecule has 0 radical (unpaired) electrons. The van der Waals surface area contributed by atoms with Crippen molar-refractivity contribution in [1.29, 1.82) is 0 Å². The van der Waals surface area contributed by atoms with E-state index in [1.165, 1.54) is 17.4 Å². The molecule has 2 heterocycles. The lowest BCUT2D eigenvalue weighted by Crippen LogP contribution is -2.48. The average Bonchev–Trinajstić information content (AvgIpc) is 2.77. The monoisotopic (exact) mass is 320 g/mol. The average molecular weight is 321 g/mol. The van der Waals surface area contributed by atoms with Crippen molar-refractivity contribution >= 4 is 33.0 Å². The Balaban J connectivity index is 2.24. The highest BCUT2D eigenvalue weighted by Gasteiger charge is 2.33. The van der Waals surface area contributed by atoms with E-state index in [0.717, 1.165) is 18.0 Å². The van der Waals surface area contributed by atoms with Crippen LogP contribution in [-0.2, 0) is 10.0 Å². The summed E-state index contributed by atoms with van der Waals surface area (Å²) in [5, 5.41) is -0.701. The molecule has 1 aliphatic rings. The van der Waals surface area contributed by atoms with E-state index in [-0.39, 0.29) is 0 Å². The summed E-state index contributed by atoms with van der Waals surface area (Å²) in [6.07, 6.45) is 1.48. The van der Waals surface area contributed by atoms with Crippen LogP contribution in [0.25, 0.3) is 0 Å². The maximum Gasteiger partial charge on any atom is 0.225 e. The molecule has 0 bridgehead atoms. The second-order valence-corrected chi connectivity index (χ2v) is 8.35. The van der Waals surface area contributed by atoms with Crippen LogP contribution in [0.15, 0.2) is 24.8 Å². The zero-order valence-electron chi connectivity index (χ0n) is 10.8. The zero-order valence-corrected chi connectivity index (χ0v) is 13.1. The highest BCUT2D eigenvalue weighted by Crippen LogP contribution is 2.34. The Morgan fingerprint density at radius 2 is 2.00 bits per heavy atom. The van der Waals surface area contributed by atoms with E-state index in [1.54, 1.807) is 16.4 Å². The summed E-state index contributed by atoms with van der Waals surface area (Å²) in [5.41, 5.74) is 0. The van der Waals surface area contributed by atoms with E-state index in [9.17, 15) is 8.42 Å². The fourth-order valence-electron chi connectivity index (χ4n) is 2.07. The van der Waals surface area contributed by atoms with Crippen LogP contribution in [0.1, 0.15) is 10.1 Å². The predicted octanol–water partition coefficient (Wildman–Crippen LogP) is 2.21. The first kappa shape index (κ1) is 15.0. The third-order valence-electron chi connectivity index (χ3n) is 3.23. The van der Waals surface area contributed by atoms with Crippen molar-refractivity contribution in [1.82, 2.24) is 9.21 Å². The number of hydrogen-bond acceptors (Lipinski definition) is 4. The van der Waals surface area contributed by atoms with Crippen molar-refractivity contribution in [3.05, 3.63) is 34.0 Å². The van der Waals surface area contributed by atoms with Crippen LogP contribution in [0.5, 0.6) is 0 Å². The fraction of sp³-hybridized carbons (Fsp3) is 0.500. The van der Waals surface area contributed by atoms with Crippen molar-refractivity contribution in [2.45, 2.75) is 5.25 Å². The minimum atomic E-state index is -3.40. The SMILES string of the molecule is C=CC(c1ccc(Cl)s1)S(=O)(=O)N1CCN(C)CC1. The molecule has 1 unspecified atom stereocenters. The lowest BCUT2D eigenvalue weighted by atomic mass is 10.3. The second-order valence-electron chi connectivity index (χ2n) is 4.55. The molecule has 19 heavy (non-hydrogen) atoms. The van der Waals surface area contributed by atoms with Crippen LogP contribution in [-0.4, -0.2) is 50.8 Å². The number of piperazine rings is 1. The molecule has 2 rings (SSSR count). The molecule has 1 aromatic heterocycles. The van der Waals surface area contributed by atoms with Crippen molar-refractivity contribution in [2.75, 3.05) is 33.2 Å². The number of nitrogens with zero attached hydrogens (tertiary/aromatic N) is 2. The van der Waals surface area contributed by atoms with Gasteiger partial charge in [0.15, 0.2) is 0 Å². The van der Waals surface area contributed by atoms with Gasteiger partial charge in [-0.25, -0.2) is 8.42 Å². The summed E-state index contributed by atoms with van der Waals surface area (Å²) < 4.78 is 27.4. The number of halogens is 1. The van der Waals surface area contributed by atoms with Gasteiger partial charge in [-0.2, -0.15) is 4.31 Å². The Morgan fingerprint density at radius 1 is 1.37 bits per heavy atom. The maximum atomic E-state index is 12.6. The molecule has 0 aromatic carbocycles. The standard InChI is InChI=1S/C12H17ClN2O2S2/c1-3-11(10-4-5-12(13)18-10)19(16,17)15-8-6-14(2)7-9-15/h3-5,11H,1,6-9H2,2H3. The summed E-state index contributed by atoms with van der Waals surface area (Å²) in [4.78, 5) is 2.84. The molecule has 1 atom stereocenters. The van der Waals surface area contributed by atoms with Gasteiger partial charge in [-0.15, -0.1) is 17.9 Å². The van der Waals surface area contributed by atoms with Gasteiger partial charge in [0, 0.05) is 31.1 Å². The third kappa shape index (κ3) is 3.20. The number of sulfonamides is 1. The van der Waals surface area contributed by atoms with E-state index in [2.05, 4.69) is 11.5 Å². The van der Waals surface area contributed by atoms with Gasteiger partial charge in [0.1, 0.15) is 5.25 Å². The first-order valence-electron chi connectivity index (χ1n) is 6.00. The van der Waals surface area contributed by atoms with E-state index in [1.807, 2.05) is 7.05 Å². The van der Waals surface area contributed by atoms with Gasteiger partial charge in [-0.05, 0) is 19.2 Å². The Labute approximate surface area is 123 Å². The normalized spacial score (nSPS) is 20.3. The van der Waals surface area contributed by atoms with Crippen molar-refractivity contribution < 1.29 is 8.42 Å². The zero-order chi connectivity index (χ0) is 14.0. The molecule has 7 heteroatoms. The molecule has 0 spiro atoms. The largest absolute Gasteiger partial charge is 0.304 e. The molecular weight excluding hydrogens is 304 g/mol. The smallest absolute Gasteiger partial charge is 0.225 e. The van der Waals surface area contributed by atoms with Crippen LogP contribution in [0.3, 0.4) is 0 Å². The van der Waals surface area contributed by atoms with Crippen LogP contribution in [0.4, 0.5) is 0 Å². The van der Waals surface area contributed by atoms with Crippen molar-refractivity contribution in [2.24, 2.45) is 0 Å². The number of likely N-dealkylation sites (N-methyl/N-ethyl adjacent to an activating group) is 1. The van der Waals surface area contributed by atoms with E-state index >= 15 is 0 Å². The first-order valence-corrected chi connectivity index (χ1v) is 8.70. The summed E-state index contributed by atoms with van der Waals surface area (Å²) >= 11 is 7.18.